The molecule has 0 aliphatic carbocycles. The van der Waals surface area contributed by atoms with E-state index in [0.717, 1.165) is 30.6 Å². The lowest BCUT2D eigenvalue weighted by atomic mass is 9.86. The highest BCUT2D eigenvalue weighted by Crippen LogP contribution is 2.29. The molecule has 1 aromatic carbocycles. The third-order valence-electron chi connectivity index (χ3n) is 3.41. The highest BCUT2D eigenvalue weighted by atomic mass is 16.5. The van der Waals surface area contributed by atoms with Crippen molar-refractivity contribution in [2.45, 2.75) is 45.1 Å². The van der Waals surface area contributed by atoms with Crippen LogP contribution < -0.4 is 0 Å². The molecule has 0 saturated heterocycles. The molecule has 0 fully saturated rings. The minimum absolute atomic E-state index is 0.150. The number of rotatable bonds is 2. The summed E-state index contributed by atoms with van der Waals surface area (Å²) < 4.78 is 5.28. The first kappa shape index (κ1) is 13.2. The predicted molar refractivity (Wildman–Crippen MR) is 73.4 cm³/mol. The van der Waals surface area contributed by atoms with Gasteiger partial charge < -0.3 is 9.84 Å². The zero-order valence-corrected chi connectivity index (χ0v) is 11.4. The van der Waals surface area contributed by atoms with Crippen LogP contribution in [0.3, 0.4) is 0 Å². The lowest BCUT2D eigenvalue weighted by Crippen LogP contribution is -2.12. The molecule has 0 aromatic heterocycles. The summed E-state index contributed by atoms with van der Waals surface area (Å²) >= 11 is 0. The minimum atomic E-state index is -0.528. The van der Waals surface area contributed by atoms with E-state index in [0.29, 0.717) is 0 Å². The molecule has 2 nitrogen and oxygen atoms in total. The van der Waals surface area contributed by atoms with Gasteiger partial charge in [0.1, 0.15) is 6.10 Å². The Labute approximate surface area is 109 Å². The van der Waals surface area contributed by atoms with Gasteiger partial charge in [-0.2, -0.15) is 0 Å². The van der Waals surface area contributed by atoms with Crippen molar-refractivity contribution in [1.82, 2.24) is 0 Å². The van der Waals surface area contributed by atoms with E-state index >= 15 is 0 Å². The highest BCUT2D eigenvalue weighted by molar-refractivity contribution is 5.32. The molecule has 1 unspecified atom stereocenters. The number of benzene rings is 1. The molecular formula is C16H22O2. The molecule has 2 heteroatoms. The predicted octanol–water partition coefficient (Wildman–Crippen LogP) is 3.71. The van der Waals surface area contributed by atoms with Crippen LogP contribution in [0.4, 0.5) is 0 Å². The summed E-state index contributed by atoms with van der Waals surface area (Å²) in [6.07, 6.45) is 3.09. The molecule has 1 atom stereocenters. The second-order valence-corrected chi connectivity index (χ2v) is 5.94. The van der Waals surface area contributed by atoms with Gasteiger partial charge in [0, 0.05) is 0 Å². The maximum Gasteiger partial charge on any atom is 0.103 e. The molecule has 0 radical (unpaired) electrons. The third kappa shape index (κ3) is 2.94. The zero-order chi connectivity index (χ0) is 13.2. The first-order valence-electron chi connectivity index (χ1n) is 6.57. The van der Waals surface area contributed by atoms with Gasteiger partial charge in [0.25, 0.3) is 0 Å². The lowest BCUT2D eigenvalue weighted by Gasteiger charge is -2.22. The smallest absolute Gasteiger partial charge is 0.103 e. The molecule has 0 spiro atoms. The van der Waals surface area contributed by atoms with Crippen LogP contribution in [0.1, 0.15) is 50.8 Å². The summed E-state index contributed by atoms with van der Waals surface area (Å²) in [7, 11) is 0. The molecule has 98 valence electrons. The van der Waals surface area contributed by atoms with E-state index < -0.39 is 6.10 Å². The summed E-state index contributed by atoms with van der Waals surface area (Å²) in [5, 5.41) is 10.3. The van der Waals surface area contributed by atoms with E-state index in [-0.39, 0.29) is 5.41 Å². The average Bonchev–Trinajstić information content (AvgIpc) is 2.38. The first-order valence-corrected chi connectivity index (χ1v) is 6.57. The minimum Gasteiger partial charge on any atom is -0.501 e. The Hall–Kier alpha value is -1.28. The van der Waals surface area contributed by atoms with Gasteiger partial charge in [-0.3, -0.25) is 0 Å². The van der Waals surface area contributed by atoms with Crippen LogP contribution in [0.15, 0.2) is 36.1 Å². The molecule has 0 saturated carbocycles. The SMILES string of the molecule is CC(C)(C)c1ccc(C(O)C2=COCCC2)cc1. The Morgan fingerprint density at radius 2 is 1.83 bits per heavy atom. The Balaban J connectivity index is 2.16. The molecule has 1 N–H and O–H groups in total. The van der Waals surface area contributed by atoms with Crippen molar-refractivity contribution in [2.75, 3.05) is 6.61 Å². The fourth-order valence-corrected chi connectivity index (χ4v) is 2.17. The highest BCUT2D eigenvalue weighted by Gasteiger charge is 2.18. The van der Waals surface area contributed by atoms with E-state index in [1.165, 1.54) is 5.56 Å². The van der Waals surface area contributed by atoms with Crippen LogP contribution in [0, 0.1) is 0 Å². The number of hydrogen-bond donors (Lipinski definition) is 1. The summed E-state index contributed by atoms with van der Waals surface area (Å²) in [4.78, 5) is 0. The summed E-state index contributed by atoms with van der Waals surface area (Å²) in [5.74, 6) is 0. The Bertz CT molecular complexity index is 423. The Morgan fingerprint density at radius 1 is 1.17 bits per heavy atom. The van der Waals surface area contributed by atoms with E-state index in [4.69, 9.17) is 4.74 Å². The van der Waals surface area contributed by atoms with Gasteiger partial charge in [0.05, 0.1) is 12.9 Å². The van der Waals surface area contributed by atoms with Crippen LogP contribution >= 0.6 is 0 Å². The standard InChI is InChI=1S/C16H22O2/c1-16(2,3)14-8-6-12(7-9-14)15(17)13-5-4-10-18-11-13/h6-9,11,15,17H,4-5,10H2,1-3H3. The molecule has 1 aromatic rings. The molecule has 1 aliphatic rings. The molecule has 18 heavy (non-hydrogen) atoms. The van der Waals surface area contributed by atoms with Crippen LogP contribution in [0.5, 0.6) is 0 Å². The molecular weight excluding hydrogens is 224 g/mol. The van der Waals surface area contributed by atoms with Crippen molar-refractivity contribution in [2.24, 2.45) is 0 Å². The van der Waals surface area contributed by atoms with Crippen molar-refractivity contribution >= 4 is 0 Å². The monoisotopic (exact) mass is 246 g/mol. The molecule has 1 aliphatic heterocycles. The van der Waals surface area contributed by atoms with Gasteiger partial charge in [-0.1, -0.05) is 45.0 Å². The van der Waals surface area contributed by atoms with Gasteiger partial charge in [0.15, 0.2) is 0 Å². The van der Waals surface area contributed by atoms with Crippen molar-refractivity contribution in [1.29, 1.82) is 0 Å². The van der Waals surface area contributed by atoms with Gasteiger partial charge in [-0.15, -0.1) is 0 Å². The van der Waals surface area contributed by atoms with E-state index in [1.807, 2.05) is 12.1 Å². The van der Waals surface area contributed by atoms with Crippen molar-refractivity contribution < 1.29 is 9.84 Å². The summed E-state index contributed by atoms with van der Waals surface area (Å²) in [6.45, 7) is 7.33. The van der Waals surface area contributed by atoms with Gasteiger partial charge >= 0.3 is 0 Å². The fourth-order valence-electron chi connectivity index (χ4n) is 2.17. The third-order valence-corrected chi connectivity index (χ3v) is 3.41. The van der Waals surface area contributed by atoms with E-state index in [2.05, 4.69) is 32.9 Å². The Morgan fingerprint density at radius 3 is 2.33 bits per heavy atom. The van der Waals surface area contributed by atoms with Crippen LogP contribution in [0.25, 0.3) is 0 Å². The molecule has 0 bridgehead atoms. The van der Waals surface area contributed by atoms with Crippen molar-refractivity contribution in [3.05, 3.63) is 47.2 Å². The zero-order valence-electron chi connectivity index (χ0n) is 11.4. The lowest BCUT2D eigenvalue weighted by molar-refractivity contribution is 0.170. The van der Waals surface area contributed by atoms with Crippen molar-refractivity contribution in [3.63, 3.8) is 0 Å². The van der Waals surface area contributed by atoms with Crippen LogP contribution in [-0.4, -0.2) is 11.7 Å². The molecule has 0 amide bonds. The van der Waals surface area contributed by atoms with E-state index in [9.17, 15) is 5.11 Å². The first-order chi connectivity index (χ1) is 8.48. The van der Waals surface area contributed by atoms with Crippen LogP contribution in [-0.2, 0) is 10.2 Å². The summed E-state index contributed by atoms with van der Waals surface area (Å²) in [6, 6.07) is 8.23. The Kier molecular flexibility index (Phi) is 3.76. The largest absolute Gasteiger partial charge is 0.501 e. The number of ether oxygens (including phenoxy) is 1. The molecule has 1 heterocycles. The maximum absolute atomic E-state index is 10.3. The van der Waals surface area contributed by atoms with Gasteiger partial charge in [-0.05, 0) is 35.0 Å². The summed E-state index contributed by atoms with van der Waals surface area (Å²) in [5.41, 5.74) is 3.35. The van der Waals surface area contributed by atoms with Gasteiger partial charge in [-0.25, -0.2) is 0 Å². The van der Waals surface area contributed by atoms with Crippen LogP contribution in [0.2, 0.25) is 0 Å². The number of aliphatic hydroxyl groups is 1. The molecule has 2 rings (SSSR count). The average molecular weight is 246 g/mol. The van der Waals surface area contributed by atoms with Gasteiger partial charge in [0.2, 0.25) is 0 Å². The second-order valence-electron chi connectivity index (χ2n) is 5.94. The van der Waals surface area contributed by atoms with E-state index in [1.54, 1.807) is 6.26 Å². The number of hydrogen-bond acceptors (Lipinski definition) is 2. The topological polar surface area (TPSA) is 29.5 Å². The quantitative estimate of drug-likeness (QED) is 0.862. The maximum atomic E-state index is 10.3. The normalized spacial score (nSPS) is 17.9. The fraction of sp³-hybridized carbons (Fsp3) is 0.500. The number of aliphatic hydroxyl groups excluding tert-OH is 1. The van der Waals surface area contributed by atoms with Crippen molar-refractivity contribution in [3.8, 4) is 0 Å². The second kappa shape index (κ2) is 5.15.